The summed E-state index contributed by atoms with van der Waals surface area (Å²) in [6, 6.07) is 9.36. The number of likely N-dealkylation sites (N-methyl/N-ethyl adjacent to an activating group) is 1. The minimum Gasteiger partial charge on any atom is -0.384 e. The van der Waals surface area contributed by atoms with Crippen molar-refractivity contribution in [2.24, 2.45) is 0 Å². The first-order valence-corrected chi connectivity index (χ1v) is 6.35. The number of benzene rings is 1. The molecule has 2 rings (SSSR count). The molecule has 1 aliphatic carbocycles. The normalized spacial score (nSPS) is 15.4. The van der Waals surface area contributed by atoms with E-state index in [1.54, 1.807) is 0 Å². The van der Waals surface area contributed by atoms with Crippen LogP contribution in [0, 0.1) is 6.92 Å². The highest BCUT2D eigenvalue weighted by Crippen LogP contribution is 2.26. The van der Waals surface area contributed by atoms with Crippen molar-refractivity contribution in [3.63, 3.8) is 0 Å². The fraction of sp³-hybridized carbons (Fsp3) is 0.571. The predicted molar refractivity (Wildman–Crippen MR) is 69.9 cm³/mol. The number of nitrogens with zero attached hydrogens (tertiary/aromatic N) is 1. The number of aryl methyl sites for hydroxylation is 1. The average molecular weight is 218 g/mol. The summed E-state index contributed by atoms with van der Waals surface area (Å²) in [6.07, 6.45) is 2.80. The minimum atomic E-state index is 0.878. The second-order valence-electron chi connectivity index (χ2n) is 4.60. The number of para-hydroxylation sites is 1. The van der Waals surface area contributed by atoms with Crippen LogP contribution < -0.4 is 5.32 Å². The van der Waals surface area contributed by atoms with Crippen molar-refractivity contribution in [1.82, 2.24) is 4.90 Å². The summed E-state index contributed by atoms with van der Waals surface area (Å²) < 4.78 is 0. The Balaban J connectivity index is 1.77. The van der Waals surface area contributed by atoms with E-state index in [1.807, 2.05) is 0 Å². The molecule has 0 unspecified atom stereocenters. The van der Waals surface area contributed by atoms with Gasteiger partial charge in [0.05, 0.1) is 0 Å². The first-order valence-electron chi connectivity index (χ1n) is 6.35. The zero-order valence-electron chi connectivity index (χ0n) is 10.4. The summed E-state index contributed by atoms with van der Waals surface area (Å²) >= 11 is 0. The van der Waals surface area contributed by atoms with Gasteiger partial charge in [0.2, 0.25) is 0 Å². The Kier molecular flexibility index (Phi) is 3.83. The molecule has 1 saturated carbocycles. The van der Waals surface area contributed by atoms with Crippen LogP contribution in [0.2, 0.25) is 0 Å². The van der Waals surface area contributed by atoms with Crippen molar-refractivity contribution in [1.29, 1.82) is 0 Å². The summed E-state index contributed by atoms with van der Waals surface area (Å²) in [5, 5.41) is 3.52. The topological polar surface area (TPSA) is 15.3 Å². The number of nitrogens with one attached hydrogen (secondary N) is 1. The molecule has 88 valence electrons. The summed E-state index contributed by atoms with van der Waals surface area (Å²) in [5.41, 5.74) is 2.60. The highest BCUT2D eigenvalue weighted by Gasteiger charge is 2.26. The molecule has 0 amide bonds. The Morgan fingerprint density at radius 2 is 2.06 bits per heavy atom. The Labute approximate surface area is 98.7 Å². The van der Waals surface area contributed by atoms with Gasteiger partial charge in [-0.05, 0) is 37.9 Å². The highest BCUT2D eigenvalue weighted by atomic mass is 15.2. The molecule has 2 heteroatoms. The van der Waals surface area contributed by atoms with Gasteiger partial charge in [0.15, 0.2) is 0 Å². The molecule has 0 radical (unpaired) electrons. The van der Waals surface area contributed by atoms with Crippen LogP contribution in [0.4, 0.5) is 5.69 Å². The molecule has 16 heavy (non-hydrogen) atoms. The Hall–Kier alpha value is -1.02. The van der Waals surface area contributed by atoms with Gasteiger partial charge in [0, 0.05) is 24.8 Å². The van der Waals surface area contributed by atoms with Crippen molar-refractivity contribution in [3.05, 3.63) is 29.8 Å². The van der Waals surface area contributed by atoms with Gasteiger partial charge >= 0.3 is 0 Å². The molecule has 1 aliphatic rings. The van der Waals surface area contributed by atoms with E-state index >= 15 is 0 Å². The van der Waals surface area contributed by atoms with Gasteiger partial charge in [-0.2, -0.15) is 0 Å². The molecule has 0 spiro atoms. The van der Waals surface area contributed by atoms with Gasteiger partial charge in [-0.25, -0.2) is 0 Å². The molecule has 2 nitrogen and oxygen atoms in total. The molecule has 1 fully saturated rings. The van der Waals surface area contributed by atoms with Crippen molar-refractivity contribution in [2.45, 2.75) is 32.7 Å². The third-order valence-corrected chi connectivity index (χ3v) is 3.33. The van der Waals surface area contributed by atoms with Crippen LogP contribution in [0.25, 0.3) is 0 Å². The monoisotopic (exact) mass is 218 g/mol. The van der Waals surface area contributed by atoms with Crippen molar-refractivity contribution >= 4 is 5.69 Å². The lowest BCUT2D eigenvalue weighted by Crippen LogP contribution is -2.30. The highest BCUT2D eigenvalue weighted by molar-refractivity contribution is 5.50. The maximum Gasteiger partial charge on any atom is 0.0370 e. The lowest BCUT2D eigenvalue weighted by Gasteiger charge is -2.20. The van der Waals surface area contributed by atoms with E-state index in [0.29, 0.717) is 0 Å². The van der Waals surface area contributed by atoms with Crippen molar-refractivity contribution < 1.29 is 0 Å². The SMILES string of the molecule is CCN(CCNc1ccccc1C)C1CC1. The molecule has 0 aromatic heterocycles. The van der Waals surface area contributed by atoms with E-state index in [0.717, 1.165) is 19.1 Å². The van der Waals surface area contributed by atoms with E-state index in [-0.39, 0.29) is 0 Å². The third-order valence-electron chi connectivity index (χ3n) is 3.33. The fourth-order valence-electron chi connectivity index (χ4n) is 2.14. The second-order valence-corrected chi connectivity index (χ2v) is 4.60. The maximum absolute atomic E-state index is 3.52. The standard InChI is InChI=1S/C14H22N2/c1-3-16(13-8-9-13)11-10-15-14-7-5-4-6-12(14)2/h4-7,13,15H,3,8-11H2,1-2H3. The molecule has 1 aromatic carbocycles. The Bertz CT molecular complexity index is 331. The first kappa shape index (κ1) is 11.5. The molecular weight excluding hydrogens is 196 g/mol. The van der Waals surface area contributed by atoms with Gasteiger partial charge in [-0.15, -0.1) is 0 Å². The quantitative estimate of drug-likeness (QED) is 0.790. The summed E-state index contributed by atoms with van der Waals surface area (Å²) in [4.78, 5) is 2.57. The molecule has 0 aliphatic heterocycles. The van der Waals surface area contributed by atoms with Crippen LogP contribution in [0.1, 0.15) is 25.3 Å². The Morgan fingerprint density at radius 1 is 1.31 bits per heavy atom. The predicted octanol–water partition coefficient (Wildman–Crippen LogP) is 2.89. The van der Waals surface area contributed by atoms with E-state index in [4.69, 9.17) is 0 Å². The molecule has 0 heterocycles. The first-order chi connectivity index (χ1) is 7.81. The van der Waals surface area contributed by atoms with Gasteiger partial charge in [0.1, 0.15) is 0 Å². The third kappa shape index (κ3) is 2.99. The average Bonchev–Trinajstić information content (AvgIpc) is 3.11. The molecule has 0 atom stereocenters. The Morgan fingerprint density at radius 3 is 2.69 bits per heavy atom. The molecular formula is C14H22N2. The fourth-order valence-corrected chi connectivity index (χ4v) is 2.14. The zero-order chi connectivity index (χ0) is 11.4. The lowest BCUT2D eigenvalue weighted by atomic mass is 10.2. The molecule has 1 N–H and O–H groups in total. The maximum atomic E-state index is 3.52. The summed E-state index contributed by atoms with van der Waals surface area (Å²) in [7, 11) is 0. The largest absolute Gasteiger partial charge is 0.384 e. The minimum absolute atomic E-state index is 0.878. The van der Waals surface area contributed by atoms with E-state index < -0.39 is 0 Å². The van der Waals surface area contributed by atoms with Crippen LogP contribution in [0.3, 0.4) is 0 Å². The zero-order valence-corrected chi connectivity index (χ0v) is 10.4. The number of rotatable bonds is 6. The van der Waals surface area contributed by atoms with Crippen LogP contribution >= 0.6 is 0 Å². The van der Waals surface area contributed by atoms with E-state index in [1.165, 1.54) is 30.6 Å². The summed E-state index contributed by atoms with van der Waals surface area (Å²) in [5.74, 6) is 0. The van der Waals surface area contributed by atoms with Gasteiger partial charge in [-0.1, -0.05) is 25.1 Å². The summed E-state index contributed by atoms with van der Waals surface area (Å²) in [6.45, 7) is 7.80. The van der Waals surface area contributed by atoms with Crippen LogP contribution in [-0.2, 0) is 0 Å². The number of hydrogen-bond acceptors (Lipinski definition) is 2. The van der Waals surface area contributed by atoms with Crippen LogP contribution in [0.5, 0.6) is 0 Å². The van der Waals surface area contributed by atoms with Gasteiger partial charge < -0.3 is 5.32 Å². The van der Waals surface area contributed by atoms with E-state index in [9.17, 15) is 0 Å². The van der Waals surface area contributed by atoms with Crippen LogP contribution in [-0.4, -0.2) is 30.6 Å². The molecule has 1 aromatic rings. The second kappa shape index (κ2) is 5.35. The van der Waals surface area contributed by atoms with Gasteiger partial charge in [0.25, 0.3) is 0 Å². The number of hydrogen-bond donors (Lipinski definition) is 1. The smallest absolute Gasteiger partial charge is 0.0370 e. The molecule has 0 bridgehead atoms. The molecule has 0 saturated heterocycles. The van der Waals surface area contributed by atoms with Crippen molar-refractivity contribution in [2.75, 3.05) is 25.0 Å². The van der Waals surface area contributed by atoms with Crippen molar-refractivity contribution in [3.8, 4) is 0 Å². The number of anilines is 1. The van der Waals surface area contributed by atoms with Gasteiger partial charge in [-0.3, -0.25) is 4.90 Å². The lowest BCUT2D eigenvalue weighted by molar-refractivity contribution is 0.289. The van der Waals surface area contributed by atoms with Crippen LogP contribution in [0.15, 0.2) is 24.3 Å². The van der Waals surface area contributed by atoms with E-state index in [2.05, 4.69) is 48.3 Å².